The molecule has 1 atom stereocenters. The third-order valence-corrected chi connectivity index (χ3v) is 7.91. The van der Waals surface area contributed by atoms with Crippen LogP contribution in [0.4, 0.5) is 11.4 Å². The molecule has 0 radical (unpaired) electrons. The van der Waals surface area contributed by atoms with Gasteiger partial charge >= 0.3 is 7.60 Å². The summed E-state index contributed by atoms with van der Waals surface area (Å²) in [6, 6.07) is 11.5. The molecule has 2 aromatic carbocycles. The van der Waals surface area contributed by atoms with Crippen LogP contribution in [0.1, 0.15) is 5.56 Å². The van der Waals surface area contributed by atoms with Gasteiger partial charge in [0, 0.05) is 21.3 Å². The summed E-state index contributed by atoms with van der Waals surface area (Å²) < 4.78 is 34.1. The van der Waals surface area contributed by atoms with E-state index in [1.54, 1.807) is 20.4 Å². The van der Waals surface area contributed by atoms with Crippen molar-refractivity contribution in [1.82, 2.24) is 4.78 Å². The molecular formula is C18H24N4O7P2S. The molecule has 0 fully saturated rings. The molecular weight excluding hydrogens is 478 g/mol. The summed E-state index contributed by atoms with van der Waals surface area (Å²) in [5, 5.41) is 18.5. The Morgan fingerprint density at radius 2 is 1.81 bits per heavy atom. The van der Waals surface area contributed by atoms with E-state index < -0.39 is 19.6 Å². The fraction of sp³-hybridized carbons (Fsp3) is 0.278. The van der Waals surface area contributed by atoms with Gasteiger partial charge < -0.3 is 23.6 Å². The highest BCUT2D eigenvalue weighted by Gasteiger charge is 2.23. The number of methoxy groups -OCH3 is 1. The second-order valence-corrected chi connectivity index (χ2v) is 10.9. The Hall–Kier alpha value is -2.49. The molecule has 0 saturated heterocycles. The zero-order valence-corrected chi connectivity index (χ0v) is 20.6. The fourth-order valence-electron chi connectivity index (χ4n) is 2.32. The Kier molecular flexibility index (Phi) is 9.61. The molecule has 0 aliphatic carbocycles. The van der Waals surface area contributed by atoms with Gasteiger partial charge in [0.1, 0.15) is 23.5 Å². The minimum atomic E-state index is -3.39. The number of nitrogens with one attached hydrogen (secondary N) is 1. The number of rotatable bonds is 12. The van der Waals surface area contributed by atoms with Crippen molar-refractivity contribution in [3.63, 3.8) is 0 Å². The lowest BCUT2D eigenvalue weighted by molar-refractivity contribution is -0.384. The molecule has 14 heteroatoms. The summed E-state index contributed by atoms with van der Waals surface area (Å²) in [5.74, 6) is 0.956. The number of nitrogens with zero attached hydrogens (tertiary/aromatic N) is 3. The van der Waals surface area contributed by atoms with E-state index >= 15 is 0 Å². The van der Waals surface area contributed by atoms with Crippen molar-refractivity contribution in [1.29, 1.82) is 0 Å². The molecule has 0 amide bonds. The topological polar surface area (TPSA) is 125 Å². The Morgan fingerprint density at radius 3 is 2.38 bits per heavy atom. The highest BCUT2D eigenvalue weighted by atomic mass is 32.4. The number of nitro groups is 1. The molecule has 0 saturated carbocycles. The lowest BCUT2D eigenvalue weighted by Gasteiger charge is -2.17. The Labute approximate surface area is 191 Å². The van der Waals surface area contributed by atoms with E-state index in [1.165, 1.54) is 37.2 Å². The smallest absolute Gasteiger partial charge is 0.349 e. The Balaban J connectivity index is 2.08. The summed E-state index contributed by atoms with van der Waals surface area (Å²) in [6.07, 6.45) is 1.39. The van der Waals surface area contributed by atoms with E-state index in [4.69, 9.17) is 30.1 Å². The van der Waals surface area contributed by atoms with E-state index in [2.05, 4.69) is 10.4 Å². The maximum atomic E-state index is 12.2. The third kappa shape index (κ3) is 7.29. The van der Waals surface area contributed by atoms with Crippen LogP contribution in [0.3, 0.4) is 0 Å². The molecule has 2 rings (SSSR count). The number of ether oxygens (including phenoxy) is 1. The summed E-state index contributed by atoms with van der Waals surface area (Å²) >= 11 is 5.39. The Bertz CT molecular complexity index is 1030. The van der Waals surface area contributed by atoms with Gasteiger partial charge in [0.05, 0.1) is 24.3 Å². The van der Waals surface area contributed by atoms with Crippen LogP contribution in [0, 0.1) is 10.1 Å². The highest BCUT2D eigenvalue weighted by Crippen LogP contribution is 2.46. The molecule has 32 heavy (non-hydrogen) atoms. The lowest BCUT2D eigenvalue weighted by Crippen LogP contribution is -2.07. The minimum Gasteiger partial charge on any atom is -0.497 e. The van der Waals surface area contributed by atoms with Gasteiger partial charge in [0.15, 0.2) is 0 Å². The number of nitro benzene ring substituents is 1. The average Bonchev–Trinajstić information content (AvgIpc) is 2.81. The quantitative estimate of drug-likeness (QED) is 0.194. The number of hydrogen-bond acceptors (Lipinski definition) is 10. The van der Waals surface area contributed by atoms with Crippen molar-refractivity contribution in [2.45, 2.75) is 0 Å². The van der Waals surface area contributed by atoms with Gasteiger partial charge in [-0.1, -0.05) is 0 Å². The molecule has 0 aromatic heterocycles. The maximum Gasteiger partial charge on any atom is 0.349 e. The second-order valence-electron chi connectivity index (χ2n) is 6.16. The van der Waals surface area contributed by atoms with Gasteiger partial charge in [-0.3, -0.25) is 14.7 Å². The largest absolute Gasteiger partial charge is 0.497 e. The van der Waals surface area contributed by atoms with Crippen LogP contribution >= 0.6 is 14.7 Å². The van der Waals surface area contributed by atoms with Gasteiger partial charge in [0.25, 0.3) is 5.69 Å². The molecule has 1 N–H and O–H groups in total. The van der Waals surface area contributed by atoms with Gasteiger partial charge in [-0.2, -0.15) is 5.10 Å². The molecule has 0 spiro atoms. The summed E-state index contributed by atoms with van der Waals surface area (Å²) in [4.78, 5) is 10.9. The monoisotopic (exact) mass is 502 g/mol. The average molecular weight is 502 g/mol. The van der Waals surface area contributed by atoms with Gasteiger partial charge in [0.2, 0.25) is 7.07 Å². The van der Waals surface area contributed by atoms with Crippen molar-refractivity contribution in [2.24, 2.45) is 5.10 Å². The summed E-state index contributed by atoms with van der Waals surface area (Å²) in [6.45, 7) is 0. The molecule has 0 bridgehead atoms. The first kappa shape index (κ1) is 25.8. The normalized spacial score (nSPS) is 12.4. The number of hydrazone groups is 1. The zero-order valence-electron chi connectivity index (χ0n) is 17.9. The molecule has 2 aromatic rings. The van der Waals surface area contributed by atoms with Crippen molar-refractivity contribution in [2.75, 3.05) is 40.0 Å². The highest BCUT2D eigenvalue weighted by molar-refractivity contribution is 8.02. The standard InChI is InChI=1S/C18H24N4O7P2S/c1-21(20-12-14-5-7-15(26-2)8-6-14)30(32)29-16-9-10-17(18(11-16)22(23)24)19-13-31(25,27-3)28-4/h5-12,19,30H,13H2,1-4H3/b20-12+. The van der Waals surface area contributed by atoms with E-state index in [-0.39, 0.29) is 23.4 Å². The van der Waals surface area contributed by atoms with Crippen molar-refractivity contribution in [3.05, 3.63) is 58.1 Å². The molecule has 0 aliphatic rings. The zero-order chi connectivity index (χ0) is 23.7. The molecule has 0 aliphatic heterocycles. The van der Waals surface area contributed by atoms with Gasteiger partial charge in [-0.15, -0.1) is 0 Å². The van der Waals surface area contributed by atoms with Gasteiger partial charge in [-0.25, -0.2) is 4.78 Å². The summed E-state index contributed by atoms with van der Waals surface area (Å²) in [7, 11) is 0.301. The van der Waals surface area contributed by atoms with Crippen molar-refractivity contribution >= 4 is 44.1 Å². The first-order chi connectivity index (χ1) is 15.2. The maximum absolute atomic E-state index is 12.2. The van der Waals surface area contributed by atoms with E-state index in [1.807, 2.05) is 24.3 Å². The fourth-order valence-corrected chi connectivity index (χ4v) is 4.13. The van der Waals surface area contributed by atoms with E-state index in [0.717, 1.165) is 11.3 Å². The third-order valence-electron chi connectivity index (χ3n) is 4.15. The van der Waals surface area contributed by atoms with Gasteiger partial charge in [-0.05, 0) is 53.8 Å². The summed E-state index contributed by atoms with van der Waals surface area (Å²) in [5.41, 5.74) is 0.717. The van der Waals surface area contributed by atoms with Crippen molar-refractivity contribution < 1.29 is 27.8 Å². The number of anilines is 1. The molecule has 11 nitrogen and oxygen atoms in total. The minimum absolute atomic E-state index is 0.140. The number of benzene rings is 2. The predicted octanol–water partition coefficient (Wildman–Crippen LogP) is 4.31. The van der Waals surface area contributed by atoms with Crippen LogP contribution in [0.15, 0.2) is 47.6 Å². The van der Waals surface area contributed by atoms with E-state index in [0.29, 0.717) is 0 Å². The van der Waals surface area contributed by atoms with Crippen molar-refractivity contribution in [3.8, 4) is 11.5 Å². The van der Waals surface area contributed by atoms with Crippen LogP contribution in [-0.2, 0) is 25.4 Å². The predicted molar refractivity (Wildman–Crippen MR) is 128 cm³/mol. The second kappa shape index (κ2) is 11.9. The Morgan fingerprint density at radius 1 is 1.19 bits per heavy atom. The van der Waals surface area contributed by atoms with Crippen LogP contribution in [0.2, 0.25) is 0 Å². The van der Waals surface area contributed by atoms with Crippen LogP contribution in [-0.4, -0.2) is 50.6 Å². The molecule has 1 unspecified atom stereocenters. The van der Waals surface area contributed by atoms with Crippen LogP contribution < -0.4 is 14.6 Å². The molecule has 0 heterocycles. The van der Waals surface area contributed by atoms with Crippen LogP contribution in [0.25, 0.3) is 0 Å². The van der Waals surface area contributed by atoms with Crippen LogP contribution in [0.5, 0.6) is 11.5 Å². The lowest BCUT2D eigenvalue weighted by atomic mass is 10.2. The number of hydrogen-bond donors (Lipinski definition) is 1. The SMILES string of the molecule is COc1ccc(/C=N/N(C)[PH](=S)Oc2ccc(NCP(=O)(OC)OC)c([N+](=O)[O-])c2)cc1. The molecule has 174 valence electrons. The van der Waals surface area contributed by atoms with E-state index in [9.17, 15) is 14.7 Å². The first-order valence-corrected chi connectivity index (χ1v) is 13.3. The first-order valence-electron chi connectivity index (χ1n) is 9.07.